The topological polar surface area (TPSA) is 61.8 Å². The van der Waals surface area contributed by atoms with Crippen molar-refractivity contribution in [1.82, 2.24) is 10.2 Å². The van der Waals surface area contributed by atoms with Crippen LogP contribution in [-0.4, -0.2) is 58.0 Å². The Balaban J connectivity index is 0.00000324. The Bertz CT molecular complexity index is 411. The van der Waals surface area contributed by atoms with Crippen molar-refractivity contribution >= 4 is 39.8 Å². The molecule has 1 N–H and O–H groups in total. The molecule has 0 aromatic carbocycles. The molecule has 114 valence electrons. The SMILES string of the molecule is CCC1(C)CCN(C(=NC)NCCS(C)(=O)=O)C1.I. The van der Waals surface area contributed by atoms with Crippen molar-refractivity contribution in [3.8, 4) is 0 Å². The second-order valence-corrected chi connectivity index (χ2v) is 7.70. The highest BCUT2D eigenvalue weighted by Crippen LogP contribution is 2.32. The van der Waals surface area contributed by atoms with Crippen molar-refractivity contribution in [2.75, 3.05) is 38.7 Å². The van der Waals surface area contributed by atoms with Crippen LogP contribution in [0.25, 0.3) is 0 Å². The number of guanidine groups is 1. The first-order chi connectivity index (χ1) is 8.29. The molecule has 1 unspecified atom stereocenters. The van der Waals surface area contributed by atoms with E-state index in [9.17, 15) is 8.42 Å². The fourth-order valence-electron chi connectivity index (χ4n) is 2.17. The number of nitrogens with one attached hydrogen (secondary N) is 1. The maximum Gasteiger partial charge on any atom is 0.193 e. The Morgan fingerprint density at radius 3 is 2.53 bits per heavy atom. The van der Waals surface area contributed by atoms with Gasteiger partial charge in [0.05, 0.1) is 5.75 Å². The molecule has 1 aliphatic rings. The zero-order valence-corrected chi connectivity index (χ0v) is 15.4. The van der Waals surface area contributed by atoms with Crippen LogP contribution in [0.1, 0.15) is 26.7 Å². The lowest BCUT2D eigenvalue weighted by atomic mass is 9.87. The Kier molecular flexibility index (Phi) is 7.64. The number of sulfone groups is 1. The minimum absolute atomic E-state index is 0. The Morgan fingerprint density at radius 1 is 1.47 bits per heavy atom. The first-order valence-corrected chi connectivity index (χ1v) is 8.49. The van der Waals surface area contributed by atoms with Crippen LogP contribution >= 0.6 is 24.0 Å². The van der Waals surface area contributed by atoms with E-state index in [0.29, 0.717) is 12.0 Å². The highest BCUT2D eigenvalue weighted by molar-refractivity contribution is 14.0. The van der Waals surface area contributed by atoms with E-state index in [4.69, 9.17) is 0 Å². The highest BCUT2D eigenvalue weighted by Gasteiger charge is 2.33. The van der Waals surface area contributed by atoms with Gasteiger partial charge in [0.15, 0.2) is 5.96 Å². The predicted molar refractivity (Wildman–Crippen MR) is 91.1 cm³/mol. The zero-order chi connectivity index (χ0) is 13.8. The van der Waals surface area contributed by atoms with Crippen molar-refractivity contribution in [3.05, 3.63) is 0 Å². The molecule has 0 radical (unpaired) electrons. The van der Waals surface area contributed by atoms with E-state index in [0.717, 1.165) is 31.9 Å². The number of hydrogen-bond acceptors (Lipinski definition) is 3. The van der Waals surface area contributed by atoms with E-state index in [-0.39, 0.29) is 29.7 Å². The molecule has 1 heterocycles. The largest absolute Gasteiger partial charge is 0.355 e. The summed E-state index contributed by atoms with van der Waals surface area (Å²) >= 11 is 0. The third-order valence-electron chi connectivity index (χ3n) is 3.68. The van der Waals surface area contributed by atoms with Crippen LogP contribution in [0.4, 0.5) is 0 Å². The van der Waals surface area contributed by atoms with Gasteiger partial charge in [0, 0.05) is 32.9 Å². The molecular weight excluding hydrogens is 377 g/mol. The molecule has 19 heavy (non-hydrogen) atoms. The summed E-state index contributed by atoms with van der Waals surface area (Å²) in [7, 11) is -1.17. The number of hydrogen-bond donors (Lipinski definition) is 1. The number of likely N-dealkylation sites (tertiary alicyclic amines) is 1. The summed E-state index contributed by atoms with van der Waals surface area (Å²) in [6, 6.07) is 0. The fourth-order valence-corrected chi connectivity index (χ4v) is 2.65. The van der Waals surface area contributed by atoms with Crippen LogP contribution in [0, 0.1) is 5.41 Å². The summed E-state index contributed by atoms with van der Waals surface area (Å²) in [5, 5.41) is 3.13. The lowest BCUT2D eigenvalue weighted by Gasteiger charge is -2.25. The van der Waals surface area contributed by atoms with Gasteiger partial charge in [0.1, 0.15) is 9.84 Å². The van der Waals surface area contributed by atoms with E-state index in [1.165, 1.54) is 6.26 Å². The first-order valence-electron chi connectivity index (χ1n) is 6.43. The van der Waals surface area contributed by atoms with Crippen LogP contribution < -0.4 is 5.32 Å². The monoisotopic (exact) mass is 403 g/mol. The van der Waals surface area contributed by atoms with Gasteiger partial charge in [0.25, 0.3) is 0 Å². The molecule has 0 saturated carbocycles. The summed E-state index contributed by atoms with van der Waals surface area (Å²) in [4.78, 5) is 6.44. The number of halogens is 1. The van der Waals surface area contributed by atoms with Gasteiger partial charge in [-0.15, -0.1) is 24.0 Å². The van der Waals surface area contributed by atoms with Gasteiger partial charge in [-0.3, -0.25) is 4.99 Å². The first kappa shape index (κ1) is 18.9. The second kappa shape index (κ2) is 7.66. The van der Waals surface area contributed by atoms with Gasteiger partial charge in [-0.1, -0.05) is 13.8 Å². The van der Waals surface area contributed by atoms with Crippen LogP contribution in [-0.2, 0) is 9.84 Å². The van der Waals surface area contributed by atoms with E-state index in [2.05, 4.69) is 29.1 Å². The van der Waals surface area contributed by atoms with E-state index >= 15 is 0 Å². The molecule has 0 aromatic heterocycles. The molecule has 1 aliphatic heterocycles. The lowest BCUT2D eigenvalue weighted by Crippen LogP contribution is -2.42. The molecule has 0 spiro atoms. The van der Waals surface area contributed by atoms with Gasteiger partial charge >= 0.3 is 0 Å². The summed E-state index contributed by atoms with van der Waals surface area (Å²) in [6.45, 7) is 6.90. The molecule has 5 nitrogen and oxygen atoms in total. The van der Waals surface area contributed by atoms with Gasteiger partial charge in [-0.25, -0.2) is 8.42 Å². The molecule has 1 fully saturated rings. The van der Waals surface area contributed by atoms with Crippen LogP contribution in [0.5, 0.6) is 0 Å². The van der Waals surface area contributed by atoms with Crippen molar-refractivity contribution < 1.29 is 8.42 Å². The normalized spacial score (nSPS) is 24.2. The van der Waals surface area contributed by atoms with Crippen molar-refractivity contribution in [2.24, 2.45) is 10.4 Å². The molecular formula is C12H26IN3O2S. The predicted octanol–water partition coefficient (Wildman–Crippen LogP) is 1.35. The molecule has 0 amide bonds. The molecule has 1 saturated heterocycles. The average molecular weight is 403 g/mol. The molecule has 0 aromatic rings. The van der Waals surface area contributed by atoms with Crippen molar-refractivity contribution in [2.45, 2.75) is 26.7 Å². The summed E-state index contributed by atoms with van der Waals surface area (Å²) in [5.74, 6) is 0.959. The van der Waals surface area contributed by atoms with Crippen molar-refractivity contribution in [1.29, 1.82) is 0 Å². The van der Waals surface area contributed by atoms with Gasteiger partial charge in [0.2, 0.25) is 0 Å². The molecule has 7 heteroatoms. The van der Waals surface area contributed by atoms with E-state index < -0.39 is 9.84 Å². The number of nitrogens with zero attached hydrogens (tertiary/aromatic N) is 2. The summed E-state index contributed by atoms with van der Waals surface area (Å²) in [6.07, 6.45) is 3.57. The van der Waals surface area contributed by atoms with Gasteiger partial charge in [-0.2, -0.15) is 0 Å². The van der Waals surface area contributed by atoms with E-state index in [1.54, 1.807) is 7.05 Å². The third kappa shape index (κ3) is 6.29. The standard InChI is InChI=1S/C12H25N3O2S.HI/c1-5-12(2)6-8-15(10-12)11(13-3)14-7-9-18(4,16)17;/h5-10H2,1-4H3,(H,13,14);1H. The third-order valence-corrected chi connectivity index (χ3v) is 4.62. The minimum Gasteiger partial charge on any atom is -0.355 e. The Hall–Kier alpha value is -0.0500. The van der Waals surface area contributed by atoms with Crippen LogP contribution in [0.15, 0.2) is 4.99 Å². The van der Waals surface area contributed by atoms with E-state index in [1.807, 2.05) is 0 Å². The molecule has 1 rings (SSSR count). The zero-order valence-electron chi connectivity index (χ0n) is 12.3. The minimum atomic E-state index is -2.92. The summed E-state index contributed by atoms with van der Waals surface area (Å²) in [5.41, 5.74) is 0.356. The Labute approximate surface area is 134 Å². The molecule has 1 atom stereocenters. The summed E-state index contributed by atoms with van der Waals surface area (Å²) < 4.78 is 22.2. The molecule has 0 bridgehead atoms. The lowest BCUT2D eigenvalue weighted by molar-refractivity contribution is 0.322. The Morgan fingerprint density at radius 2 is 2.11 bits per heavy atom. The second-order valence-electron chi connectivity index (χ2n) is 5.44. The van der Waals surface area contributed by atoms with Crippen LogP contribution in [0.3, 0.4) is 0 Å². The van der Waals surface area contributed by atoms with Gasteiger partial charge in [-0.05, 0) is 18.3 Å². The smallest absolute Gasteiger partial charge is 0.193 e. The van der Waals surface area contributed by atoms with Gasteiger partial charge < -0.3 is 10.2 Å². The van der Waals surface area contributed by atoms with Crippen molar-refractivity contribution in [3.63, 3.8) is 0 Å². The van der Waals surface area contributed by atoms with Crippen LogP contribution in [0.2, 0.25) is 0 Å². The number of rotatable bonds is 4. The maximum atomic E-state index is 11.1. The quantitative estimate of drug-likeness (QED) is 0.437. The number of aliphatic imine (C=N–C) groups is 1. The fraction of sp³-hybridized carbons (Fsp3) is 0.917. The maximum absolute atomic E-state index is 11.1. The molecule has 0 aliphatic carbocycles. The highest BCUT2D eigenvalue weighted by atomic mass is 127. The average Bonchev–Trinajstić information content (AvgIpc) is 2.67.